The van der Waals surface area contributed by atoms with Crippen LogP contribution in [0.1, 0.15) is 5.56 Å². The number of para-hydroxylation sites is 1. The van der Waals surface area contributed by atoms with E-state index in [2.05, 4.69) is 26.4 Å². The van der Waals surface area contributed by atoms with Gasteiger partial charge in [0.1, 0.15) is 18.2 Å². The number of anilines is 2. The van der Waals surface area contributed by atoms with Gasteiger partial charge in [-0.2, -0.15) is 5.10 Å². The highest BCUT2D eigenvalue weighted by Gasteiger charge is 2.20. The molecule has 1 aliphatic rings. The maximum Gasteiger partial charge on any atom is 0.223 e. The maximum absolute atomic E-state index is 6.02. The Bertz CT molecular complexity index is 875. The SMILES string of the molecule is Cn1ncc(-c2ccnc(NC3COc4ccccc4C3)n2)c1N. The minimum Gasteiger partial charge on any atom is -0.491 e. The van der Waals surface area contributed by atoms with Crippen molar-refractivity contribution in [1.82, 2.24) is 19.7 Å². The quantitative estimate of drug-likeness (QED) is 0.765. The predicted octanol–water partition coefficient (Wildman–Crippen LogP) is 1.87. The van der Waals surface area contributed by atoms with Crippen LogP contribution in [0.2, 0.25) is 0 Å². The number of fused-ring (bicyclic) bond motifs is 1. The number of nitrogens with one attached hydrogen (secondary N) is 1. The Kier molecular flexibility index (Phi) is 3.53. The van der Waals surface area contributed by atoms with Crippen LogP contribution in [0.5, 0.6) is 5.75 Å². The van der Waals surface area contributed by atoms with Crippen LogP contribution in [-0.4, -0.2) is 32.4 Å². The molecule has 1 aromatic carbocycles. The smallest absolute Gasteiger partial charge is 0.223 e. The summed E-state index contributed by atoms with van der Waals surface area (Å²) in [5.41, 5.74) is 8.76. The molecular formula is C17H18N6O. The summed E-state index contributed by atoms with van der Waals surface area (Å²) in [6, 6.07) is 10.0. The molecule has 0 fully saturated rings. The Labute approximate surface area is 139 Å². The molecule has 1 atom stereocenters. The molecule has 122 valence electrons. The molecule has 4 rings (SSSR count). The zero-order valence-electron chi connectivity index (χ0n) is 13.3. The molecule has 3 N–H and O–H groups in total. The third-order valence-electron chi connectivity index (χ3n) is 4.13. The topological polar surface area (TPSA) is 90.9 Å². The average molecular weight is 322 g/mol. The lowest BCUT2D eigenvalue weighted by molar-refractivity contribution is 0.272. The fraction of sp³-hybridized carbons (Fsp3) is 0.235. The van der Waals surface area contributed by atoms with Gasteiger partial charge in [-0.25, -0.2) is 9.97 Å². The van der Waals surface area contributed by atoms with E-state index >= 15 is 0 Å². The molecule has 0 radical (unpaired) electrons. The highest BCUT2D eigenvalue weighted by molar-refractivity contribution is 5.70. The molecule has 1 unspecified atom stereocenters. The normalized spacial score (nSPS) is 16.3. The van der Waals surface area contributed by atoms with Gasteiger partial charge in [-0.15, -0.1) is 0 Å². The average Bonchev–Trinajstić information content (AvgIpc) is 2.94. The van der Waals surface area contributed by atoms with Gasteiger partial charge in [-0.3, -0.25) is 4.68 Å². The molecule has 3 heterocycles. The van der Waals surface area contributed by atoms with Crippen molar-refractivity contribution in [2.45, 2.75) is 12.5 Å². The number of nitrogens with two attached hydrogens (primary N) is 1. The Hall–Kier alpha value is -3.09. The predicted molar refractivity (Wildman–Crippen MR) is 91.7 cm³/mol. The van der Waals surface area contributed by atoms with Gasteiger partial charge in [0.25, 0.3) is 0 Å². The molecule has 3 aromatic rings. The van der Waals surface area contributed by atoms with Gasteiger partial charge in [0.2, 0.25) is 5.95 Å². The number of aromatic nitrogens is 4. The van der Waals surface area contributed by atoms with E-state index in [0.29, 0.717) is 18.4 Å². The van der Waals surface area contributed by atoms with E-state index < -0.39 is 0 Å². The summed E-state index contributed by atoms with van der Waals surface area (Å²) in [4.78, 5) is 8.86. The van der Waals surface area contributed by atoms with E-state index in [1.54, 1.807) is 24.1 Å². The van der Waals surface area contributed by atoms with Crippen LogP contribution in [0.4, 0.5) is 11.8 Å². The molecule has 0 bridgehead atoms. The van der Waals surface area contributed by atoms with Gasteiger partial charge in [0, 0.05) is 13.2 Å². The number of hydrogen-bond donors (Lipinski definition) is 2. The molecule has 1 aliphatic heterocycles. The number of ether oxygens (including phenoxy) is 1. The van der Waals surface area contributed by atoms with E-state index in [-0.39, 0.29) is 6.04 Å². The molecule has 0 aliphatic carbocycles. The summed E-state index contributed by atoms with van der Waals surface area (Å²) >= 11 is 0. The van der Waals surface area contributed by atoms with Gasteiger partial charge in [0.05, 0.1) is 23.5 Å². The summed E-state index contributed by atoms with van der Waals surface area (Å²) in [6.45, 7) is 0.583. The molecule has 0 saturated heterocycles. The second-order valence-electron chi connectivity index (χ2n) is 5.80. The van der Waals surface area contributed by atoms with Crippen molar-refractivity contribution in [3.63, 3.8) is 0 Å². The van der Waals surface area contributed by atoms with E-state index in [9.17, 15) is 0 Å². The van der Waals surface area contributed by atoms with Crippen molar-refractivity contribution in [3.8, 4) is 17.0 Å². The van der Waals surface area contributed by atoms with E-state index in [1.807, 2.05) is 24.3 Å². The fourth-order valence-corrected chi connectivity index (χ4v) is 2.83. The third kappa shape index (κ3) is 2.64. The lowest BCUT2D eigenvalue weighted by Crippen LogP contribution is -2.33. The molecule has 24 heavy (non-hydrogen) atoms. The third-order valence-corrected chi connectivity index (χ3v) is 4.13. The van der Waals surface area contributed by atoms with Gasteiger partial charge < -0.3 is 15.8 Å². The summed E-state index contributed by atoms with van der Waals surface area (Å²) in [7, 11) is 1.80. The maximum atomic E-state index is 6.02. The van der Waals surface area contributed by atoms with Gasteiger partial charge in [-0.1, -0.05) is 18.2 Å². The Morgan fingerprint density at radius 2 is 2.17 bits per heavy atom. The van der Waals surface area contributed by atoms with Crippen molar-refractivity contribution in [1.29, 1.82) is 0 Å². The van der Waals surface area contributed by atoms with Crippen LogP contribution >= 0.6 is 0 Å². The first kappa shape index (κ1) is 14.5. The molecule has 7 nitrogen and oxygen atoms in total. The summed E-state index contributed by atoms with van der Waals surface area (Å²) in [6.07, 6.45) is 4.30. The first-order chi connectivity index (χ1) is 11.7. The number of aryl methyl sites for hydroxylation is 1. The van der Waals surface area contributed by atoms with Gasteiger partial charge in [0.15, 0.2) is 0 Å². The van der Waals surface area contributed by atoms with Crippen LogP contribution in [0, 0.1) is 0 Å². The highest BCUT2D eigenvalue weighted by Crippen LogP contribution is 2.26. The van der Waals surface area contributed by atoms with Crippen LogP contribution in [0.3, 0.4) is 0 Å². The molecule has 0 amide bonds. The second-order valence-corrected chi connectivity index (χ2v) is 5.80. The minimum atomic E-state index is 0.126. The number of benzene rings is 1. The van der Waals surface area contributed by atoms with Gasteiger partial charge in [-0.05, 0) is 24.1 Å². The van der Waals surface area contributed by atoms with Crippen molar-refractivity contribution >= 4 is 11.8 Å². The Morgan fingerprint density at radius 3 is 3.00 bits per heavy atom. The summed E-state index contributed by atoms with van der Waals surface area (Å²) in [5.74, 6) is 2.09. The molecule has 7 heteroatoms. The summed E-state index contributed by atoms with van der Waals surface area (Å²) < 4.78 is 7.42. The minimum absolute atomic E-state index is 0.126. The standard InChI is InChI=1S/C17H18N6O/c1-23-16(18)13(9-20-23)14-6-7-19-17(22-14)21-12-8-11-4-2-3-5-15(11)24-10-12/h2-7,9,12H,8,10,18H2,1H3,(H,19,21,22). The van der Waals surface area contributed by atoms with Crippen molar-refractivity contribution in [2.24, 2.45) is 7.05 Å². The Balaban J connectivity index is 1.54. The molecular weight excluding hydrogens is 304 g/mol. The van der Waals surface area contributed by atoms with E-state index in [0.717, 1.165) is 23.4 Å². The van der Waals surface area contributed by atoms with Crippen LogP contribution in [-0.2, 0) is 13.5 Å². The number of rotatable bonds is 3. The zero-order valence-corrected chi connectivity index (χ0v) is 13.3. The first-order valence-electron chi connectivity index (χ1n) is 7.79. The fourth-order valence-electron chi connectivity index (χ4n) is 2.83. The van der Waals surface area contributed by atoms with Crippen molar-refractivity contribution in [2.75, 3.05) is 17.7 Å². The van der Waals surface area contributed by atoms with E-state index in [1.165, 1.54) is 5.56 Å². The molecule has 0 spiro atoms. The van der Waals surface area contributed by atoms with Crippen LogP contribution < -0.4 is 15.8 Å². The Morgan fingerprint density at radius 1 is 1.29 bits per heavy atom. The van der Waals surface area contributed by atoms with Gasteiger partial charge >= 0.3 is 0 Å². The van der Waals surface area contributed by atoms with Crippen LogP contribution in [0.25, 0.3) is 11.3 Å². The number of nitrogens with zero attached hydrogens (tertiary/aromatic N) is 4. The van der Waals surface area contributed by atoms with Crippen molar-refractivity contribution < 1.29 is 4.74 Å². The van der Waals surface area contributed by atoms with Crippen molar-refractivity contribution in [3.05, 3.63) is 48.3 Å². The second kappa shape index (κ2) is 5.84. The zero-order chi connectivity index (χ0) is 16.5. The highest BCUT2D eigenvalue weighted by atomic mass is 16.5. The molecule has 0 saturated carbocycles. The first-order valence-corrected chi connectivity index (χ1v) is 7.79. The summed E-state index contributed by atoms with van der Waals surface area (Å²) in [5, 5.41) is 7.50. The lowest BCUT2D eigenvalue weighted by Gasteiger charge is -2.26. The lowest BCUT2D eigenvalue weighted by atomic mass is 10.0. The van der Waals surface area contributed by atoms with Crippen LogP contribution in [0.15, 0.2) is 42.7 Å². The molecule has 2 aromatic heterocycles. The largest absolute Gasteiger partial charge is 0.491 e. The van der Waals surface area contributed by atoms with E-state index in [4.69, 9.17) is 10.5 Å². The monoisotopic (exact) mass is 322 g/mol. The number of hydrogen-bond acceptors (Lipinski definition) is 6. The number of nitrogen functional groups attached to an aromatic ring is 1.